The monoisotopic (exact) mass is 237 g/mol. The maximum Gasteiger partial charge on any atom is 0.124 e. The Morgan fingerprint density at radius 2 is 2.31 bits per heavy atom. The molecule has 0 spiro atoms. The first-order chi connectivity index (χ1) is 7.65. The van der Waals surface area contributed by atoms with Crippen LogP contribution >= 0.6 is 11.8 Å². The van der Waals surface area contributed by atoms with Gasteiger partial charge in [0.1, 0.15) is 5.82 Å². The van der Waals surface area contributed by atoms with E-state index in [1.165, 1.54) is 23.9 Å². The number of thioether (sulfide) groups is 1. The van der Waals surface area contributed by atoms with E-state index in [0.717, 1.165) is 16.2 Å². The van der Waals surface area contributed by atoms with Gasteiger partial charge in [-0.05, 0) is 18.2 Å². The predicted molar refractivity (Wildman–Crippen MR) is 63.6 cm³/mol. The first-order valence-corrected chi connectivity index (χ1v) is 5.79. The van der Waals surface area contributed by atoms with Gasteiger partial charge >= 0.3 is 0 Å². The van der Waals surface area contributed by atoms with Crippen molar-refractivity contribution in [3.63, 3.8) is 0 Å². The van der Waals surface area contributed by atoms with Crippen LogP contribution in [0.5, 0.6) is 0 Å². The highest BCUT2D eigenvalue weighted by Crippen LogP contribution is 2.28. The number of halogens is 1. The summed E-state index contributed by atoms with van der Waals surface area (Å²) in [7, 11) is 1.87. The molecule has 0 aliphatic rings. The van der Waals surface area contributed by atoms with E-state index < -0.39 is 0 Å². The molecule has 2 N–H and O–H groups in total. The number of nitrogen functional groups attached to an aromatic ring is 1. The lowest BCUT2D eigenvalue weighted by molar-refractivity contribution is 0.624. The number of aromatic nitrogens is 2. The van der Waals surface area contributed by atoms with Crippen molar-refractivity contribution in [2.24, 2.45) is 7.05 Å². The molecule has 0 saturated carbocycles. The average molecular weight is 237 g/mol. The van der Waals surface area contributed by atoms with Crippen molar-refractivity contribution in [3.05, 3.63) is 42.0 Å². The number of rotatable bonds is 3. The van der Waals surface area contributed by atoms with Gasteiger partial charge in [-0.1, -0.05) is 0 Å². The van der Waals surface area contributed by atoms with Gasteiger partial charge in [0.25, 0.3) is 0 Å². The Kier molecular flexibility index (Phi) is 3.14. The summed E-state index contributed by atoms with van der Waals surface area (Å²) in [6.07, 6.45) is 3.73. The van der Waals surface area contributed by atoms with Gasteiger partial charge in [0, 0.05) is 35.1 Å². The molecule has 0 saturated heterocycles. The molecule has 84 valence electrons. The van der Waals surface area contributed by atoms with Crippen LogP contribution in [0.15, 0.2) is 35.5 Å². The van der Waals surface area contributed by atoms with Crippen LogP contribution in [-0.2, 0) is 12.8 Å². The van der Waals surface area contributed by atoms with Crippen LogP contribution < -0.4 is 5.73 Å². The zero-order chi connectivity index (χ0) is 11.5. The Labute approximate surface area is 97.5 Å². The molecule has 2 aromatic rings. The first kappa shape index (κ1) is 11.0. The Morgan fingerprint density at radius 1 is 1.50 bits per heavy atom. The molecule has 0 amide bonds. The van der Waals surface area contributed by atoms with Crippen molar-refractivity contribution >= 4 is 17.4 Å². The first-order valence-electron chi connectivity index (χ1n) is 4.80. The Balaban J connectivity index is 2.07. The quantitative estimate of drug-likeness (QED) is 0.658. The molecule has 5 heteroatoms. The molecule has 0 unspecified atom stereocenters. The fraction of sp³-hybridized carbons (Fsp3) is 0.182. The van der Waals surface area contributed by atoms with Crippen LogP contribution in [0.2, 0.25) is 0 Å². The average Bonchev–Trinajstić information content (AvgIpc) is 2.66. The second kappa shape index (κ2) is 4.57. The molecule has 0 bridgehead atoms. The number of hydrogen-bond donors (Lipinski definition) is 1. The normalized spacial score (nSPS) is 10.6. The van der Waals surface area contributed by atoms with E-state index in [9.17, 15) is 4.39 Å². The molecular formula is C11H12FN3S. The lowest BCUT2D eigenvalue weighted by atomic mass is 10.3. The van der Waals surface area contributed by atoms with Gasteiger partial charge in [-0.3, -0.25) is 4.68 Å². The van der Waals surface area contributed by atoms with Gasteiger partial charge in [0.05, 0.1) is 6.20 Å². The Morgan fingerprint density at radius 3 is 3.00 bits per heavy atom. The minimum atomic E-state index is -0.261. The highest BCUT2D eigenvalue weighted by molar-refractivity contribution is 7.98. The van der Waals surface area contributed by atoms with Crippen LogP contribution in [0, 0.1) is 5.82 Å². The zero-order valence-corrected chi connectivity index (χ0v) is 9.67. The van der Waals surface area contributed by atoms with Gasteiger partial charge in [-0.15, -0.1) is 11.8 Å². The molecule has 0 fully saturated rings. The van der Waals surface area contributed by atoms with E-state index in [0.29, 0.717) is 5.69 Å². The number of anilines is 1. The summed E-state index contributed by atoms with van der Waals surface area (Å²) in [5, 5.41) is 4.07. The number of hydrogen-bond acceptors (Lipinski definition) is 3. The van der Waals surface area contributed by atoms with E-state index in [-0.39, 0.29) is 5.82 Å². The molecule has 0 aliphatic heterocycles. The summed E-state index contributed by atoms with van der Waals surface area (Å²) in [4.78, 5) is 0.767. The number of nitrogens with two attached hydrogens (primary N) is 1. The maximum absolute atomic E-state index is 13.0. The molecule has 1 aromatic carbocycles. The van der Waals surface area contributed by atoms with E-state index >= 15 is 0 Å². The lowest BCUT2D eigenvalue weighted by Gasteiger charge is -2.03. The van der Waals surface area contributed by atoms with Crippen LogP contribution in [0.4, 0.5) is 10.1 Å². The zero-order valence-electron chi connectivity index (χ0n) is 8.85. The summed E-state index contributed by atoms with van der Waals surface area (Å²) >= 11 is 1.51. The largest absolute Gasteiger partial charge is 0.398 e. The molecule has 1 aromatic heterocycles. The highest BCUT2D eigenvalue weighted by atomic mass is 32.2. The molecular weight excluding hydrogens is 225 g/mol. The number of aryl methyl sites for hydroxylation is 1. The second-order valence-electron chi connectivity index (χ2n) is 3.49. The third kappa shape index (κ3) is 2.55. The summed E-state index contributed by atoms with van der Waals surface area (Å²) in [6.45, 7) is 0. The van der Waals surface area contributed by atoms with Crippen molar-refractivity contribution in [1.82, 2.24) is 9.78 Å². The second-order valence-corrected chi connectivity index (χ2v) is 4.51. The smallest absolute Gasteiger partial charge is 0.124 e. The standard InChI is InChI=1S/C11H12FN3S/c1-15-6-8(5-14-15)7-16-11-4-9(12)2-3-10(11)13/h2-6H,7,13H2,1H3. The molecule has 0 radical (unpaired) electrons. The van der Waals surface area contributed by atoms with Crippen LogP contribution in [0.3, 0.4) is 0 Å². The minimum Gasteiger partial charge on any atom is -0.398 e. The SMILES string of the molecule is Cn1cc(CSc2cc(F)ccc2N)cn1. The van der Waals surface area contributed by atoms with Gasteiger partial charge in [-0.25, -0.2) is 4.39 Å². The molecule has 2 rings (SSSR count). The van der Waals surface area contributed by atoms with Gasteiger partial charge < -0.3 is 5.73 Å². The van der Waals surface area contributed by atoms with E-state index in [2.05, 4.69) is 5.10 Å². The fourth-order valence-corrected chi connectivity index (χ4v) is 2.24. The fourth-order valence-electron chi connectivity index (χ4n) is 1.34. The summed E-state index contributed by atoms with van der Waals surface area (Å²) in [5.41, 5.74) is 7.45. The minimum absolute atomic E-state index is 0.261. The third-order valence-corrected chi connectivity index (χ3v) is 3.27. The molecule has 1 heterocycles. The van der Waals surface area contributed by atoms with Crippen molar-refractivity contribution in [1.29, 1.82) is 0 Å². The summed E-state index contributed by atoms with van der Waals surface area (Å²) in [6, 6.07) is 4.40. The van der Waals surface area contributed by atoms with Crippen molar-refractivity contribution < 1.29 is 4.39 Å². The molecule has 3 nitrogen and oxygen atoms in total. The molecule has 0 atom stereocenters. The van der Waals surface area contributed by atoms with Gasteiger partial charge in [0.2, 0.25) is 0 Å². The number of nitrogens with zero attached hydrogens (tertiary/aromatic N) is 2. The van der Waals surface area contributed by atoms with Gasteiger partial charge in [0.15, 0.2) is 0 Å². The lowest BCUT2D eigenvalue weighted by Crippen LogP contribution is -1.90. The Bertz CT molecular complexity index is 496. The van der Waals surface area contributed by atoms with Crippen molar-refractivity contribution in [2.75, 3.05) is 5.73 Å². The maximum atomic E-state index is 13.0. The van der Waals surface area contributed by atoms with Crippen LogP contribution in [0.1, 0.15) is 5.56 Å². The van der Waals surface area contributed by atoms with E-state index in [4.69, 9.17) is 5.73 Å². The highest BCUT2D eigenvalue weighted by Gasteiger charge is 2.03. The van der Waals surface area contributed by atoms with Crippen molar-refractivity contribution in [2.45, 2.75) is 10.6 Å². The van der Waals surface area contributed by atoms with E-state index in [1.54, 1.807) is 16.9 Å². The third-order valence-electron chi connectivity index (χ3n) is 2.13. The van der Waals surface area contributed by atoms with Gasteiger partial charge in [-0.2, -0.15) is 5.10 Å². The predicted octanol–water partition coefficient (Wildman–Crippen LogP) is 2.43. The topological polar surface area (TPSA) is 43.8 Å². The number of benzene rings is 1. The molecule has 0 aliphatic carbocycles. The molecule has 16 heavy (non-hydrogen) atoms. The Hall–Kier alpha value is -1.49. The van der Waals surface area contributed by atoms with Crippen molar-refractivity contribution in [3.8, 4) is 0 Å². The van der Waals surface area contributed by atoms with Crippen LogP contribution in [-0.4, -0.2) is 9.78 Å². The van der Waals surface area contributed by atoms with E-state index in [1.807, 2.05) is 13.2 Å². The summed E-state index contributed by atoms with van der Waals surface area (Å²) < 4.78 is 14.7. The van der Waals surface area contributed by atoms with Crippen LogP contribution in [0.25, 0.3) is 0 Å². The summed E-state index contributed by atoms with van der Waals surface area (Å²) in [5.74, 6) is 0.476.